The van der Waals surface area contributed by atoms with Crippen LogP contribution in [0.3, 0.4) is 0 Å². The maximum Gasteiger partial charge on any atom is 0.289 e. The molecule has 1 N–H and O–H groups in total. The molecule has 110 valence electrons. The normalized spacial score (nSPS) is 28.0. The smallest absolute Gasteiger partial charge is 0.289 e. The summed E-state index contributed by atoms with van der Waals surface area (Å²) in [6.07, 6.45) is 2.84. The van der Waals surface area contributed by atoms with Crippen LogP contribution >= 0.6 is 11.6 Å². The average Bonchev–Trinajstić information content (AvgIpc) is 3.07. The summed E-state index contributed by atoms with van der Waals surface area (Å²) in [6.45, 7) is 2.95. The summed E-state index contributed by atoms with van der Waals surface area (Å²) in [6, 6.07) is 3.46. The predicted molar refractivity (Wildman–Crippen MR) is 74.8 cm³/mol. The number of hydrogen-bond acceptors (Lipinski definition) is 4. The van der Waals surface area contributed by atoms with Gasteiger partial charge in [-0.15, -0.1) is 0 Å². The molecule has 1 saturated carbocycles. The third-order valence-corrected chi connectivity index (χ3v) is 4.50. The van der Waals surface area contributed by atoms with Gasteiger partial charge in [-0.05, 0) is 43.0 Å². The Bertz CT molecular complexity index is 483. The van der Waals surface area contributed by atoms with Gasteiger partial charge in [0, 0.05) is 32.2 Å². The molecule has 1 amide bonds. The molecule has 5 nitrogen and oxygen atoms in total. The Hall–Kier alpha value is -1.04. The number of carbonyl (C=O) groups excluding carboxylic acids is 1. The van der Waals surface area contributed by atoms with E-state index in [9.17, 15) is 9.90 Å². The van der Waals surface area contributed by atoms with Crippen molar-refractivity contribution in [3.8, 4) is 0 Å². The van der Waals surface area contributed by atoms with Crippen molar-refractivity contribution in [2.45, 2.75) is 31.4 Å². The Balaban J connectivity index is 1.57. The van der Waals surface area contributed by atoms with Crippen LogP contribution in [0.15, 0.2) is 16.5 Å². The van der Waals surface area contributed by atoms with Crippen LogP contribution in [0.5, 0.6) is 0 Å². The molecule has 1 saturated heterocycles. The highest BCUT2D eigenvalue weighted by Crippen LogP contribution is 2.25. The second kappa shape index (κ2) is 5.76. The molecular formula is C14H19ClN2O3. The van der Waals surface area contributed by atoms with Gasteiger partial charge in [0.15, 0.2) is 11.0 Å². The summed E-state index contributed by atoms with van der Waals surface area (Å²) in [7, 11) is 0. The minimum Gasteiger partial charge on any atom is -0.440 e. The van der Waals surface area contributed by atoms with Crippen LogP contribution in [-0.4, -0.2) is 59.1 Å². The van der Waals surface area contributed by atoms with Crippen molar-refractivity contribution >= 4 is 17.5 Å². The first kappa shape index (κ1) is 13.9. The topological polar surface area (TPSA) is 56.9 Å². The minimum atomic E-state index is -0.207. The number of aliphatic hydroxyl groups excluding tert-OH is 1. The van der Waals surface area contributed by atoms with Gasteiger partial charge >= 0.3 is 0 Å². The number of halogens is 1. The number of hydrogen-bond donors (Lipinski definition) is 1. The molecule has 2 unspecified atom stereocenters. The zero-order valence-electron chi connectivity index (χ0n) is 11.3. The van der Waals surface area contributed by atoms with Crippen LogP contribution in [0.25, 0.3) is 0 Å². The Morgan fingerprint density at radius 1 is 1.25 bits per heavy atom. The second-order valence-electron chi connectivity index (χ2n) is 5.50. The highest BCUT2D eigenvalue weighted by Gasteiger charge is 2.33. The van der Waals surface area contributed by atoms with Gasteiger partial charge in [0.2, 0.25) is 0 Å². The third kappa shape index (κ3) is 2.71. The summed E-state index contributed by atoms with van der Waals surface area (Å²) in [5.41, 5.74) is 0. The zero-order chi connectivity index (χ0) is 14.1. The average molecular weight is 299 g/mol. The van der Waals surface area contributed by atoms with Gasteiger partial charge < -0.3 is 14.4 Å². The lowest BCUT2D eigenvalue weighted by molar-refractivity contribution is 0.0302. The predicted octanol–water partition coefficient (Wildman–Crippen LogP) is 1.60. The lowest BCUT2D eigenvalue weighted by Gasteiger charge is -2.38. The molecule has 20 heavy (non-hydrogen) atoms. The van der Waals surface area contributed by atoms with E-state index >= 15 is 0 Å². The molecule has 2 heterocycles. The largest absolute Gasteiger partial charge is 0.440 e. The highest BCUT2D eigenvalue weighted by atomic mass is 35.5. The molecule has 2 aliphatic rings. The first-order chi connectivity index (χ1) is 9.65. The van der Waals surface area contributed by atoms with Crippen molar-refractivity contribution in [1.29, 1.82) is 0 Å². The molecule has 0 spiro atoms. The molecule has 0 bridgehead atoms. The van der Waals surface area contributed by atoms with E-state index in [0.717, 1.165) is 32.4 Å². The summed E-state index contributed by atoms with van der Waals surface area (Å²) >= 11 is 5.70. The van der Waals surface area contributed by atoms with Gasteiger partial charge in [-0.1, -0.05) is 0 Å². The maximum atomic E-state index is 12.2. The third-order valence-electron chi connectivity index (χ3n) is 4.30. The van der Waals surface area contributed by atoms with Crippen molar-refractivity contribution in [1.82, 2.24) is 9.80 Å². The molecule has 1 aliphatic heterocycles. The number of rotatable bonds is 2. The summed E-state index contributed by atoms with van der Waals surface area (Å²) in [5.74, 6) is 0.188. The summed E-state index contributed by atoms with van der Waals surface area (Å²) in [4.78, 5) is 16.3. The SMILES string of the molecule is O=C(c1ccc(Cl)o1)N1CCN(C2CCCC2O)CC1. The second-order valence-corrected chi connectivity index (χ2v) is 5.87. The van der Waals surface area contributed by atoms with Gasteiger partial charge in [-0.3, -0.25) is 9.69 Å². The van der Waals surface area contributed by atoms with Crippen molar-refractivity contribution in [2.24, 2.45) is 0 Å². The number of nitrogens with zero attached hydrogens (tertiary/aromatic N) is 2. The van der Waals surface area contributed by atoms with Crippen molar-refractivity contribution in [3.05, 3.63) is 23.1 Å². The fourth-order valence-corrected chi connectivity index (χ4v) is 3.33. The Kier molecular flexibility index (Phi) is 4.01. The van der Waals surface area contributed by atoms with Crippen LogP contribution in [0, 0.1) is 0 Å². The molecule has 2 fully saturated rings. The number of aliphatic hydroxyl groups is 1. The molecule has 6 heteroatoms. The van der Waals surface area contributed by atoms with Crippen LogP contribution < -0.4 is 0 Å². The van der Waals surface area contributed by atoms with E-state index in [-0.39, 0.29) is 23.3 Å². The molecule has 0 radical (unpaired) electrons. The molecule has 2 atom stereocenters. The van der Waals surface area contributed by atoms with Gasteiger partial charge in [0.1, 0.15) is 0 Å². The van der Waals surface area contributed by atoms with Gasteiger partial charge in [0.05, 0.1) is 6.10 Å². The van der Waals surface area contributed by atoms with Gasteiger partial charge in [-0.2, -0.15) is 0 Å². The molecule has 0 aromatic carbocycles. The molecule has 1 aromatic rings. The lowest BCUT2D eigenvalue weighted by Crippen LogP contribution is -2.53. The van der Waals surface area contributed by atoms with Crippen molar-refractivity contribution in [2.75, 3.05) is 26.2 Å². The Morgan fingerprint density at radius 3 is 2.55 bits per heavy atom. The van der Waals surface area contributed by atoms with E-state index < -0.39 is 0 Å². The van der Waals surface area contributed by atoms with E-state index in [2.05, 4.69) is 4.90 Å². The first-order valence-electron chi connectivity index (χ1n) is 7.12. The minimum absolute atomic E-state index is 0.108. The van der Waals surface area contributed by atoms with Crippen LogP contribution in [-0.2, 0) is 0 Å². The van der Waals surface area contributed by atoms with E-state index in [1.165, 1.54) is 0 Å². The molecular weight excluding hydrogens is 280 g/mol. The van der Waals surface area contributed by atoms with E-state index in [0.29, 0.717) is 18.8 Å². The fourth-order valence-electron chi connectivity index (χ4n) is 3.19. The van der Waals surface area contributed by atoms with E-state index in [1.54, 1.807) is 17.0 Å². The zero-order valence-corrected chi connectivity index (χ0v) is 12.1. The van der Waals surface area contributed by atoms with Crippen LogP contribution in [0.1, 0.15) is 29.8 Å². The standard InChI is InChI=1S/C14H19ClN2O3/c15-13-5-4-12(20-13)14(19)17-8-6-16(7-9-17)10-2-1-3-11(10)18/h4-5,10-11,18H,1-3,6-9H2. The van der Waals surface area contributed by atoms with Gasteiger partial charge in [0.25, 0.3) is 5.91 Å². The number of furan rings is 1. The Labute approximate surface area is 123 Å². The number of carbonyl (C=O) groups is 1. The van der Waals surface area contributed by atoms with Crippen LogP contribution in [0.2, 0.25) is 5.22 Å². The lowest BCUT2D eigenvalue weighted by atomic mass is 10.1. The number of piperazine rings is 1. The Morgan fingerprint density at radius 2 is 2.00 bits per heavy atom. The molecule has 1 aromatic heterocycles. The van der Waals surface area contributed by atoms with E-state index in [1.807, 2.05) is 0 Å². The van der Waals surface area contributed by atoms with E-state index in [4.69, 9.17) is 16.0 Å². The van der Waals surface area contributed by atoms with Crippen LogP contribution in [0.4, 0.5) is 0 Å². The van der Waals surface area contributed by atoms with Crippen molar-refractivity contribution < 1.29 is 14.3 Å². The summed E-state index contributed by atoms with van der Waals surface area (Å²) in [5, 5.41) is 10.2. The molecule has 1 aliphatic carbocycles. The quantitative estimate of drug-likeness (QED) is 0.901. The maximum absolute atomic E-state index is 12.2. The number of amides is 1. The monoisotopic (exact) mass is 298 g/mol. The van der Waals surface area contributed by atoms with Crippen molar-refractivity contribution in [3.63, 3.8) is 0 Å². The highest BCUT2D eigenvalue weighted by molar-refractivity contribution is 6.29. The summed E-state index contributed by atoms with van der Waals surface area (Å²) < 4.78 is 5.16. The van der Waals surface area contributed by atoms with Gasteiger partial charge in [-0.25, -0.2) is 0 Å². The molecule has 3 rings (SSSR count). The fraction of sp³-hybridized carbons (Fsp3) is 0.643. The first-order valence-corrected chi connectivity index (χ1v) is 7.49.